The molecule has 0 spiro atoms. The summed E-state index contributed by atoms with van der Waals surface area (Å²) in [6.45, 7) is 1.29. The second-order valence-corrected chi connectivity index (χ2v) is 5.62. The number of pyridine rings is 1. The third kappa shape index (κ3) is 3.54. The maximum Gasteiger partial charge on any atom is 0.254 e. The molecule has 1 atom stereocenters. The first kappa shape index (κ1) is 17.4. The summed E-state index contributed by atoms with van der Waals surface area (Å²) >= 11 is 0. The van der Waals surface area contributed by atoms with Crippen LogP contribution in [-0.2, 0) is 0 Å². The van der Waals surface area contributed by atoms with E-state index in [2.05, 4.69) is 10.3 Å². The van der Waals surface area contributed by atoms with Crippen LogP contribution in [0, 0.1) is 5.82 Å². The van der Waals surface area contributed by atoms with Crippen LogP contribution < -0.4 is 10.9 Å². The molecule has 0 saturated carbocycles. The number of H-pyrrole nitrogens is 1. The van der Waals surface area contributed by atoms with Crippen molar-refractivity contribution in [3.8, 4) is 0 Å². The molecule has 1 fully saturated rings. The third-order valence-electron chi connectivity index (χ3n) is 4.15. The summed E-state index contributed by atoms with van der Waals surface area (Å²) < 4.78 is 13.3. The number of nitrogens with one attached hydrogen (secondary N) is 2. The molecule has 0 bridgehead atoms. The van der Waals surface area contributed by atoms with E-state index in [1.54, 1.807) is 4.90 Å². The van der Waals surface area contributed by atoms with Crippen molar-refractivity contribution in [2.75, 3.05) is 20.1 Å². The standard InChI is InChI=1S/C16H18FN3O2.ClH/c1-18-11-3-2-6-20(9-11)16(22)13-8-15(21)19-14-7-10(17)4-5-12(13)14;/h4-5,7-8,11,18H,2-3,6,9H2,1H3,(H,19,21);1H. The van der Waals surface area contributed by atoms with Crippen molar-refractivity contribution in [3.63, 3.8) is 0 Å². The molecule has 1 aromatic carbocycles. The number of carbonyl (C=O) groups is 1. The van der Waals surface area contributed by atoms with Crippen LogP contribution in [0.5, 0.6) is 0 Å². The first-order chi connectivity index (χ1) is 10.6. The number of aromatic amines is 1. The topological polar surface area (TPSA) is 65.2 Å². The Morgan fingerprint density at radius 1 is 1.39 bits per heavy atom. The molecular formula is C16H19ClFN3O2. The van der Waals surface area contributed by atoms with Gasteiger partial charge in [0, 0.05) is 30.6 Å². The molecule has 0 radical (unpaired) electrons. The number of aromatic nitrogens is 1. The highest BCUT2D eigenvalue weighted by Gasteiger charge is 2.25. The largest absolute Gasteiger partial charge is 0.337 e. The second kappa shape index (κ2) is 7.10. The normalized spacial score (nSPS) is 17.8. The van der Waals surface area contributed by atoms with E-state index < -0.39 is 11.4 Å². The SMILES string of the molecule is CNC1CCCN(C(=O)c2cc(=O)[nH]c3cc(F)ccc23)C1.Cl. The quantitative estimate of drug-likeness (QED) is 0.878. The number of halogens is 2. The van der Waals surface area contributed by atoms with E-state index in [-0.39, 0.29) is 24.4 Å². The van der Waals surface area contributed by atoms with Crippen molar-refractivity contribution >= 4 is 29.2 Å². The van der Waals surface area contributed by atoms with E-state index in [9.17, 15) is 14.0 Å². The monoisotopic (exact) mass is 339 g/mol. The smallest absolute Gasteiger partial charge is 0.254 e. The number of nitrogens with zero attached hydrogens (tertiary/aromatic N) is 1. The Hall–Kier alpha value is -1.92. The van der Waals surface area contributed by atoms with E-state index in [4.69, 9.17) is 0 Å². The molecule has 1 aromatic heterocycles. The van der Waals surface area contributed by atoms with Gasteiger partial charge in [-0.25, -0.2) is 4.39 Å². The Labute approximate surface area is 139 Å². The van der Waals surface area contributed by atoms with Crippen LogP contribution in [0.3, 0.4) is 0 Å². The van der Waals surface area contributed by atoms with Gasteiger partial charge in [0.25, 0.3) is 5.91 Å². The summed E-state index contributed by atoms with van der Waals surface area (Å²) in [5.74, 6) is -0.622. The van der Waals surface area contributed by atoms with Crippen molar-refractivity contribution in [1.29, 1.82) is 0 Å². The first-order valence-corrected chi connectivity index (χ1v) is 7.37. The van der Waals surface area contributed by atoms with Gasteiger partial charge in [0.2, 0.25) is 5.56 Å². The Balaban J connectivity index is 0.00000192. The van der Waals surface area contributed by atoms with Crippen LogP contribution >= 0.6 is 12.4 Å². The van der Waals surface area contributed by atoms with Gasteiger partial charge in [-0.05, 0) is 38.1 Å². The average molecular weight is 340 g/mol. The Morgan fingerprint density at radius 3 is 2.91 bits per heavy atom. The number of piperidine rings is 1. The van der Waals surface area contributed by atoms with Crippen LogP contribution in [0.15, 0.2) is 29.1 Å². The highest BCUT2D eigenvalue weighted by molar-refractivity contribution is 6.06. The number of fused-ring (bicyclic) bond motifs is 1. The molecular weight excluding hydrogens is 321 g/mol. The van der Waals surface area contributed by atoms with Gasteiger partial charge in [-0.3, -0.25) is 9.59 Å². The molecule has 124 valence electrons. The van der Waals surface area contributed by atoms with Crippen LogP contribution in [0.25, 0.3) is 10.9 Å². The van der Waals surface area contributed by atoms with Crippen LogP contribution in [-0.4, -0.2) is 42.0 Å². The summed E-state index contributed by atoms with van der Waals surface area (Å²) in [4.78, 5) is 28.8. The maximum atomic E-state index is 13.3. The fourth-order valence-electron chi connectivity index (χ4n) is 2.98. The van der Waals surface area contributed by atoms with Gasteiger partial charge in [0.1, 0.15) is 5.82 Å². The minimum Gasteiger partial charge on any atom is -0.337 e. The number of benzene rings is 1. The summed E-state index contributed by atoms with van der Waals surface area (Å²) in [5, 5.41) is 3.75. The number of likely N-dealkylation sites (N-methyl/N-ethyl adjacent to an activating group) is 1. The van der Waals surface area contributed by atoms with Gasteiger partial charge < -0.3 is 15.2 Å². The molecule has 5 nitrogen and oxygen atoms in total. The molecule has 0 aliphatic carbocycles. The molecule has 1 aliphatic heterocycles. The van der Waals surface area contributed by atoms with Gasteiger partial charge in [-0.2, -0.15) is 0 Å². The maximum absolute atomic E-state index is 13.3. The van der Waals surface area contributed by atoms with Crippen molar-refractivity contribution in [3.05, 3.63) is 46.0 Å². The van der Waals surface area contributed by atoms with E-state index in [1.807, 2.05) is 7.05 Å². The second-order valence-electron chi connectivity index (χ2n) is 5.62. The Kier molecular flexibility index (Phi) is 5.38. The fraction of sp³-hybridized carbons (Fsp3) is 0.375. The molecule has 3 rings (SSSR count). The zero-order chi connectivity index (χ0) is 15.7. The summed E-state index contributed by atoms with van der Waals surface area (Å²) in [7, 11) is 1.88. The predicted molar refractivity (Wildman–Crippen MR) is 89.8 cm³/mol. The molecule has 7 heteroatoms. The summed E-state index contributed by atoms with van der Waals surface area (Å²) in [6.07, 6.45) is 1.95. The number of carbonyl (C=O) groups excluding carboxylic acids is 1. The number of rotatable bonds is 2. The number of likely N-dealkylation sites (tertiary alicyclic amines) is 1. The van der Waals surface area contributed by atoms with E-state index >= 15 is 0 Å². The van der Waals surface area contributed by atoms with E-state index in [0.29, 0.717) is 29.6 Å². The van der Waals surface area contributed by atoms with Crippen LogP contribution in [0.1, 0.15) is 23.2 Å². The molecule has 2 heterocycles. The highest BCUT2D eigenvalue weighted by Crippen LogP contribution is 2.20. The first-order valence-electron chi connectivity index (χ1n) is 7.37. The zero-order valence-electron chi connectivity index (χ0n) is 12.8. The van der Waals surface area contributed by atoms with E-state index in [0.717, 1.165) is 12.8 Å². The lowest BCUT2D eigenvalue weighted by Crippen LogP contribution is -2.47. The lowest BCUT2D eigenvalue weighted by atomic mass is 10.0. The molecule has 23 heavy (non-hydrogen) atoms. The lowest BCUT2D eigenvalue weighted by molar-refractivity contribution is 0.0700. The number of hydrogen-bond donors (Lipinski definition) is 2. The van der Waals surface area contributed by atoms with Crippen LogP contribution in [0.4, 0.5) is 4.39 Å². The van der Waals surface area contributed by atoms with Crippen molar-refractivity contribution in [2.24, 2.45) is 0 Å². The van der Waals surface area contributed by atoms with Crippen LogP contribution in [0.2, 0.25) is 0 Å². The van der Waals surface area contributed by atoms with Crippen molar-refractivity contribution < 1.29 is 9.18 Å². The molecule has 2 N–H and O–H groups in total. The van der Waals surface area contributed by atoms with Gasteiger partial charge in [-0.1, -0.05) is 0 Å². The molecule has 1 amide bonds. The van der Waals surface area contributed by atoms with Crippen molar-refractivity contribution in [1.82, 2.24) is 15.2 Å². The highest BCUT2D eigenvalue weighted by atomic mass is 35.5. The lowest BCUT2D eigenvalue weighted by Gasteiger charge is -2.32. The molecule has 1 unspecified atom stereocenters. The van der Waals surface area contributed by atoms with Gasteiger partial charge in [-0.15, -0.1) is 12.4 Å². The Morgan fingerprint density at radius 2 is 2.17 bits per heavy atom. The Bertz CT molecular complexity index is 777. The molecule has 1 saturated heterocycles. The number of hydrogen-bond acceptors (Lipinski definition) is 3. The minimum atomic E-state index is -0.444. The van der Waals surface area contributed by atoms with E-state index in [1.165, 1.54) is 24.3 Å². The summed E-state index contributed by atoms with van der Waals surface area (Å²) in [5.41, 5.74) is 0.275. The zero-order valence-corrected chi connectivity index (χ0v) is 13.6. The van der Waals surface area contributed by atoms with Gasteiger partial charge >= 0.3 is 0 Å². The van der Waals surface area contributed by atoms with Gasteiger partial charge in [0.05, 0.1) is 11.1 Å². The summed E-state index contributed by atoms with van der Waals surface area (Å²) in [6, 6.07) is 5.63. The van der Waals surface area contributed by atoms with Crippen molar-refractivity contribution in [2.45, 2.75) is 18.9 Å². The number of amides is 1. The van der Waals surface area contributed by atoms with Gasteiger partial charge in [0.15, 0.2) is 0 Å². The molecule has 1 aliphatic rings. The average Bonchev–Trinajstić information content (AvgIpc) is 2.53. The molecule has 2 aromatic rings. The predicted octanol–water partition coefficient (Wildman–Crippen LogP) is 1.91. The third-order valence-corrected chi connectivity index (χ3v) is 4.15. The fourth-order valence-corrected chi connectivity index (χ4v) is 2.98. The minimum absolute atomic E-state index is 0.